The summed E-state index contributed by atoms with van der Waals surface area (Å²) in [6, 6.07) is 0. The molecule has 0 bridgehead atoms. The Morgan fingerprint density at radius 3 is 3.00 bits per heavy atom. The van der Waals surface area contributed by atoms with E-state index >= 15 is 0 Å². The smallest absolute Gasteiger partial charge is 0.251 e. The van der Waals surface area contributed by atoms with Crippen LogP contribution in [0.3, 0.4) is 0 Å². The van der Waals surface area contributed by atoms with Gasteiger partial charge in [0.1, 0.15) is 6.10 Å². The third kappa shape index (κ3) is 3.47. The molecule has 0 saturated carbocycles. The van der Waals surface area contributed by atoms with E-state index in [1.54, 1.807) is 14.0 Å². The topological polar surface area (TPSA) is 49.8 Å². The Morgan fingerprint density at radius 1 is 1.67 bits per heavy atom. The Bertz CT molecular complexity index is 206. The molecule has 1 saturated heterocycles. The second-order valence-electron chi connectivity index (χ2n) is 4.18. The van der Waals surface area contributed by atoms with E-state index in [1.165, 1.54) is 0 Å². The molecule has 0 aromatic rings. The van der Waals surface area contributed by atoms with Gasteiger partial charge in [-0.15, -0.1) is 0 Å². The van der Waals surface area contributed by atoms with Gasteiger partial charge in [-0.2, -0.15) is 0 Å². The molecule has 1 rings (SSSR count). The molecular formula is C11H21NO3. The van der Waals surface area contributed by atoms with Crippen molar-refractivity contribution in [1.82, 2.24) is 4.90 Å². The number of carbonyl (C=O) groups is 1. The van der Waals surface area contributed by atoms with Crippen LogP contribution in [0, 0.1) is 5.92 Å². The quantitative estimate of drug-likeness (QED) is 0.749. The maximum absolute atomic E-state index is 11.8. The van der Waals surface area contributed by atoms with E-state index < -0.39 is 0 Å². The Labute approximate surface area is 91.2 Å². The number of amides is 1. The monoisotopic (exact) mass is 215 g/mol. The van der Waals surface area contributed by atoms with Crippen LogP contribution in [-0.2, 0) is 9.53 Å². The van der Waals surface area contributed by atoms with E-state index in [4.69, 9.17) is 9.84 Å². The van der Waals surface area contributed by atoms with Crippen LogP contribution in [0.4, 0.5) is 0 Å². The van der Waals surface area contributed by atoms with Gasteiger partial charge in [0.2, 0.25) is 0 Å². The lowest BCUT2D eigenvalue weighted by atomic mass is 9.95. The fourth-order valence-corrected chi connectivity index (χ4v) is 2.04. The maximum Gasteiger partial charge on any atom is 0.251 e. The van der Waals surface area contributed by atoms with Crippen LogP contribution >= 0.6 is 0 Å². The number of ether oxygens (including phenoxy) is 1. The number of rotatable bonds is 4. The standard InChI is InChI=1S/C11H21NO3/c1-9(15-2)11(14)12-6-3-4-10(8-12)5-7-13/h9-10,13H,3-8H2,1-2H3. The van der Waals surface area contributed by atoms with E-state index in [0.717, 1.165) is 32.4 Å². The number of carbonyl (C=O) groups excluding carboxylic acids is 1. The highest BCUT2D eigenvalue weighted by molar-refractivity contribution is 5.80. The Kier molecular flexibility index (Phi) is 5.05. The lowest BCUT2D eigenvalue weighted by Gasteiger charge is -2.33. The molecular weight excluding hydrogens is 194 g/mol. The average Bonchev–Trinajstić information content (AvgIpc) is 2.28. The van der Waals surface area contributed by atoms with E-state index in [2.05, 4.69) is 0 Å². The zero-order chi connectivity index (χ0) is 11.3. The summed E-state index contributed by atoms with van der Waals surface area (Å²) in [4.78, 5) is 13.7. The first-order chi connectivity index (χ1) is 7.19. The number of hydrogen-bond donors (Lipinski definition) is 1. The summed E-state index contributed by atoms with van der Waals surface area (Å²) < 4.78 is 5.02. The van der Waals surface area contributed by atoms with Crippen LogP contribution in [-0.4, -0.2) is 48.8 Å². The summed E-state index contributed by atoms with van der Waals surface area (Å²) in [5.41, 5.74) is 0. The number of nitrogens with zero attached hydrogens (tertiary/aromatic N) is 1. The molecule has 0 aromatic carbocycles. The van der Waals surface area contributed by atoms with Crippen LogP contribution in [0.5, 0.6) is 0 Å². The highest BCUT2D eigenvalue weighted by atomic mass is 16.5. The van der Waals surface area contributed by atoms with Crippen LogP contribution in [0.25, 0.3) is 0 Å². The number of piperidine rings is 1. The number of aliphatic hydroxyl groups excluding tert-OH is 1. The minimum atomic E-state index is -0.349. The van der Waals surface area contributed by atoms with Gasteiger partial charge < -0.3 is 14.7 Å². The second kappa shape index (κ2) is 6.08. The molecule has 0 spiro atoms. The van der Waals surface area contributed by atoms with Crippen molar-refractivity contribution in [1.29, 1.82) is 0 Å². The molecule has 0 aliphatic carbocycles. The van der Waals surface area contributed by atoms with Gasteiger partial charge in [0, 0.05) is 26.8 Å². The highest BCUT2D eigenvalue weighted by Crippen LogP contribution is 2.19. The van der Waals surface area contributed by atoms with E-state index in [0.29, 0.717) is 5.92 Å². The molecule has 1 amide bonds. The van der Waals surface area contributed by atoms with Gasteiger partial charge in [-0.05, 0) is 32.1 Å². The summed E-state index contributed by atoms with van der Waals surface area (Å²) in [5.74, 6) is 0.525. The van der Waals surface area contributed by atoms with Crippen molar-refractivity contribution in [2.45, 2.75) is 32.3 Å². The van der Waals surface area contributed by atoms with E-state index in [1.807, 2.05) is 4.90 Å². The van der Waals surface area contributed by atoms with Crippen LogP contribution in [0.1, 0.15) is 26.2 Å². The maximum atomic E-state index is 11.8. The molecule has 1 aliphatic heterocycles. The highest BCUT2D eigenvalue weighted by Gasteiger charge is 2.26. The minimum Gasteiger partial charge on any atom is -0.396 e. The lowest BCUT2D eigenvalue weighted by molar-refractivity contribution is -0.142. The predicted octanol–water partition coefficient (Wildman–Crippen LogP) is 0.642. The predicted molar refractivity (Wildman–Crippen MR) is 57.5 cm³/mol. The fraction of sp³-hybridized carbons (Fsp3) is 0.909. The molecule has 1 N–H and O–H groups in total. The molecule has 2 unspecified atom stereocenters. The average molecular weight is 215 g/mol. The molecule has 15 heavy (non-hydrogen) atoms. The van der Waals surface area contributed by atoms with Crippen molar-refractivity contribution >= 4 is 5.91 Å². The normalized spacial score (nSPS) is 23.9. The van der Waals surface area contributed by atoms with Gasteiger partial charge >= 0.3 is 0 Å². The van der Waals surface area contributed by atoms with Gasteiger partial charge in [0.15, 0.2) is 0 Å². The summed E-state index contributed by atoms with van der Waals surface area (Å²) in [6.45, 7) is 3.59. The number of aliphatic hydroxyl groups is 1. The zero-order valence-electron chi connectivity index (χ0n) is 9.61. The SMILES string of the molecule is COC(C)C(=O)N1CCCC(CCO)C1. The molecule has 2 atom stereocenters. The molecule has 0 aromatic heterocycles. The van der Waals surface area contributed by atoms with Gasteiger partial charge in [-0.25, -0.2) is 0 Å². The fourth-order valence-electron chi connectivity index (χ4n) is 2.04. The van der Waals surface area contributed by atoms with E-state index in [-0.39, 0.29) is 18.6 Å². The Morgan fingerprint density at radius 2 is 2.40 bits per heavy atom. The van der Waals surface area contributed by atoms with Gasteiger partial charge in [0.25, 0.3) is 5.91 Å². The van der Waals surface area contributed by atoms with Crippen molar-refractivity contribution in [3.63, 3.8) is 0 Å². The van der Waals surface area contributed by atoms with Gasteiger partial charge in [-0.1, -0.05) is 0 Å². The number of hydrogen-bond acceptors (Lipinski definition) is 3. The minimum absolute atomic E-state index is 0.0696. The first kappa shape index (κ1) is 12.5. The van der Waals surface area contributed by atoms with Crippen molar-refractivity contribution in [3.05, 3.63) is 0 Å². The largest absolute Gasteiger partial charge is 0.396 e. The Balaban J connectivity index is 2.44. The summed E-state index contributed by atoms with van der Waals surface area (Å²) >= 11 is 0. The summed E-state index contributed by atoms with van der Waals surface area (Å²) in [6.07, 6.45) is 2.60. The third-order valence-electron chi connectivity index (χ3n) is 3.07. The molecule has 1 heterocycles. The molecule has 1 aliphatic rings. The van der Waals surface area contributed by atoms with Crippen molar-refractivity contribution in [2.75, 3.05) is 26.8 Å². The third-order valence-corrected chi connectivity index (χ3v) is 3.07. The lowest BCUT2D eigenvalue weighted by Crippen LogP contribution is -2.44. The second-order valence-corrected chi connectivity index (χ2v) is 4.18. The molecule has 4 heteroatoms. The van der Waals surface area contributed by atoms with Gasteiger partial charge in [0.05, 0.1) is 0 Å². The van der Waals surface area contributed by atoms with Crippen molar-refractivity contribution in [3.8, 4) is 0 Å². The molecule has 4 nitrogen and oxygen atoms in total. The van der Waals surface area contributed by atoms with E-state index in [9.17, 15) is 4.79 Å². The molecule has 88 valence electrons. The molecule has 1 fully saturated rings. The van der Waals surface area contributed by atoms with Crippen LogP contribution in [0.15, 0.2) is 0 Å². The van der Waals surface area contributed by atoms with Crippen LogP contribution in [0.2, 0.25) is 0 Å². The summed E-state index contributed by atoms with van der Waals surface area (Å²) in [7, 11) is 1.55. The summed E-state index contributed by atoms with van der Waals surface area (Å²) in [5, 5.41) is 8.87. The number of methoxy groups -OCH3 is 1. The molecule has 0 radical (unpaired) electrons. The Hall–Kier alpha value is -0.610. The van der Waals surface area contributed by atoms with Crippen molar-refractivity contribution in [2.24, 2.45) is 5.92 Å². The van der Waals surface area contributed by atoms with Crippen molar-refractivity contribution < 1.29 is 14.6 Å². The first-order valence-electron chi connectivity index (χ1n) is 5.61. The number of likely N-dealkylation sites (tertiary alicyclic amines) is 1. The first-order valence-corrected chi connectivity index (χ1v) is 5.61. The van der Waals surface area contributed by atoms with Gasteiger partial charge in [-0.3, -0.25) is 4.79 Å². The van der Waals surface area contributed by atoms with Crippen LogP contribution < -0.4 is 0 Å². The zero-order valence-corrected chi connectivity index (χ0v) is 9.61.